The molecule has 4 nitrogen and oxygen atoms in total. The summed E-state index contributed by atoms with van der Waals surface area (Å²) in [5.41, 5.74) is -0.833. The van der Waals surface area contributed by atoms with Crippen LogP contribution in [-0.4, -0.2) is 32.8 Å². The van der Waals surface area contributed by atoms with Crippen LogP contribution >= 0.6 is 0 Å². The maximum Gasteiger partial charge on any atom is 0.306 e. The zero-order valence-corrected chi connectivity index (χ0v) is 12.7. The number of carboxylic acids is 1. The molecule has 1 rings (SSSR count). The minimum atomic E-state index is -0.702. The molecule has 1 heterocycles. The molecule has 1 aliphatic rings. The number of hydrogen-bond donors (Lipinski definition) is 1. The molecular formula is C14H27NO3. The molecule has 1 N–H and O–H groups in total. The Morgan fingerprint density at radius 1 is 1.17 bits per heavy atom. The molecule has 0 amide bonds. The van der Waals surface area contributed by atoms with Crippen LogP contribution in [-0.2, 0) is 9.63 Å². The van der Waals surface area contributed by atoms with Crippen LogP contribution in [0.2, 0.25) is 0 Å². The van der Waals surface area contributed by atoms with Gasteiger partial charge in [0.15, 0.2) is 0 Å². The smallest absolute Gasteiger partial charge is 0.306 e. The zero-order valence-electron chi connectivity index (χ0n) is 12.7. The Kier molecular flexibility index (Phi) is 3.86. The average Bonchev–Trinajstić information content (AvgIpc) is 2.08. The van der Waals surface area contributed by atoms with E-state index in [1.807, 2.05) is 25.8 Å². The van der Waals surface area contributed by atoms with Gasteiger partial charge in [-0.25, -0.2) is 0 Å². The van der Waals surface area contributed by atoms with Crippen LogP contribution in [0.1, 0.15) is 61.3 Å². The molecule has 0 spiro atoms. The normalized spacial score (nSPS) is 25.1. The molecule has 4 heteroatoms. The predicted octanol–water partition coefficient (Wildman–Crippen LogP) is 3.07. The van der Waals surface area contributed by atoms with Crippen molar-refractivity contribution < 1.29 is 14.7 Å². The molecule has 0 unspecified atom stereocenters. The summed E-state index contributed by atoms with van der Waals surface area (Å²) < 4.78 is 0. The molecule has 0 bridgehead atoms. The molecule has 0 aromatic carbocycles. The number of carbonyl (C=O) groups is 1. The highest BCUT2D eigenvalue weighted by Crippen LogP contribution is 2.42. The fraction of sp³-hybridized carbons (Fsp3) is 0.929. The first-order valence-electron chi connectivity index (χ1n) is 6.57. The van der Waals surface area contributed by atoms with Crippen LogP contribution in [0, 0.1) is 5.92 Å². The van der Waals surface area contributed by atoms with Gasteiger partial charge in [0.2, 0.25) is 0 Å². The lowest BCUT2D eigenvalue weighted by molar-refractivity contribution is -0.329. The van der Waals surface area contributed by atoms with E-state index in [0.29, 0.717) is 12.8 Å². The first-order valence-corrected chi connectivity index (χ1v) is 6.57. The predicted molar refractivity (Wildman–Crippen MR) is 71.2 cm³/mol. The van der Waals surface area contributed by atoms with Crippen molar-refractivity contribution in [2.75, 3.05) is 0 Å². The van der Waals surface area contributed by atoms with Crippen LogP contribution in [0.4, 0.5) is 0 Å². The Labute approximate surface area is 110 Å². The third kappa shape index (κ3) is 3.45. The third-order valence-electron chi connectivity index (χ3n) is 3.31. The van der Waals surface area contributed by atoms with Gasteiger partial charge in [0.25, 0.3) is 0 Å². The van der Waals surface area contributed by atoms with Crippen LogP contribution < -0.4 is 0 Å². The van der Waals surface area contributed by atoms with Gasteiger partial charge in [0.05, 0.1) is 11.5 Å². The summed E-state index contributed by atoms with van der Waals surface area (Å²) in [6.07, 6.45) is 1.23. The third-order valence-corrected chi connectivity index (χ3v) is 3.31. The standard InChI is InChI=1S/C14H27NO3/c1-12(2,3)18-15-13(4,5)8-10(11(16)17)9-14(15,6)7/h10H,8-9H2,1-7H3,(H,16,17). The van der Waals surface area contributed by atoms with Crippen molar-refractivity contribution in [3.63, 3.8) is 0 Å². The number of rotatable bonds is 2. The minimum absolute atomic E-state index is 0.273. The Balaban J connectivity index is 3.00. The van der Waals surface area contributed by atoms with Crippen molar-refractivity contribution >= 4 is 5.97 Å². The average molecular weight is 257 g/mol. The fourth-order valence-corrected chi connectivity index (χ4v) is 2.96. The minimum Gasteiger partial charge on any atom is -0.481 e. The van der Waals surface area contributed by atoms with E-state index >= 15 is 0 Å². The summed E-state index contributed by atoms with van der Waals surface area (Å²) in [5, 5.41) is 11.3. The Morgan fingerprint density at radius 2 is 1.56 bits per heavy atom. The second-order valence-corrected chi connectivity index (χ2v) is 7.57. The molecule has 0 atom stereocenters. The highest BCUT2D eigenvalue weighted by molar-refractivity contribution is 5.70. The second-order valence-electron chi connectivity index (χ2n) is 7.57. The van der Waals surface area contributed by atoms with E-state index in [9.17, 15) is 9.90 Å². The van der Waals surface area contributed by atoms with Crippen molar-refractivity contribution in [1.82, 2.24) is 5.06 Å². The topological polar surface area (TPSA) is 49.8 Å². The molecule has 106 valence electrons. The van der Waals surface area contributed by atoms with Gasteiger partial charge in [-0.2, -0.15) is 5.06 Å². The first-order chi connectivity index (χ1) is 7.85. The van der Waals surface area contributed by atoms with Gasteiger partial charge >= 0.3 is 5.97 Å². The van der Waals surface area contributed by atoms with Crippen molar-refractivity contribution in [1.29, 1.82) is 0 Å². The second kappa shape index (κ2) is 4.49. The number of nitrogens with zero attached hydrogens (tertiary/aromatic N) is 1. The van der Waals surface area contributed by atoms with Crippen molar-refractivity contribution in [2.24, 2.45) is 5.92 Å². The largest absolute Gasteiger partial charge is 0.481 e. The van der Waals surface area contributed by atoms with Gasteiger partial charge in [0, 0.05) is 11.1 Å². The van der Waals surface area contributed by atoms with Crippen LogP contribution in [0.5, 0.6) is 0 Å². The quantitative estimate of drug-likeness (QED) is 0.826. The lowest BCUT2D eigenvalue weighted by atomic mass is 9.75. The monoisotopic (exact) mass is 257 g/mol. The van der Waals surface area contributed by atoms with E-state index in [0.717, 1.165) is 0 Å². The molecule has 0 aromatic heterocycles. The van der Waals surface area contributed by atoms with E-state index in [1.54, 1.807) is 0 Å². The molecule has 1 aliphatic heterocycles. The van der Waals surface area contributed by atoms with Gasteiger partial charge in [-0.1, -0.05) is 0 Å². The molecule has 1 fully saturated rings. The van der Waals surface area contributed by atoms with Gasteiger partial charge in [-0.05, 0) is 61.3 Å². The molecule has 1 saturated heterocycles. The van der Waals surface area contributed by atoms with Crippen LogP contribution in [0.25, 0.3) is 0 Å². The molecule has 0 aliphatic carbocycles. The number of carboxylic acid groups (broad SMARTS) is 1. The van der Waals surface area contributed by atoms with Crippen molar-refractivity contribution in [2.45, 2.75) is 78.0 Å². The number of hydroxylamine groups is 2. The van der Waals surface area contributed by atoms with E-state index in [-0.39, 0.29) is 22.6 Å². The van der Waals surface area contributed by atoms with Gasteiger partial charge < -0.3 is 5.11 Å². The van der Waals surface area contributed by atoms with Crippen molar-refractivity contribution in [3.8, 4) is 0 Å². The Morgan fingerprint density at radius 3 is 1.83 bits per heavy atom. The maximum atomic E-state index is 11.3. The number of piperidine rings is 1. The van der Waals surface area contributed by atoms with Gasteiger partial charge in [0.1, 0.15) is 0 Å². The lowest BCUT2D eigenvalue weighted by Crippen LogP contribution is -2.62. The summed E-state index contributed by atoms with van der Waals surface area (Å²) in [7, 11) is 0. The van der Waals surface area contributed by atoms with Crippen LogP contribution in [0.15, 0.2) is 0 Å². The van der Waals surface area contributed by atoms with E-state index in [2.05, 4.69) is 27.7 Å². The number of hydrogen-bond acceptors (Lipinski definition) is 3. The summed E-state index contributed by atoms with van der Waals surface area (Å²) in [4.78, 5) is 17.3. The van der Waals surface area contributed by atoms with Crippen LogP contribution in [0.3, 0.4) is 0 Å². The molecule has 18 heavy (non-hydrogen) atoms. The highest BCUT2D eigenvalue weighted by Gasteiger charge is 2.49. The first kappa shape index (κ1) is 15.4. The molecule has 0 aromatic rings. The van der Waals surface area contributed by atoms with Crippen molar-refractivity contribution in [3.05, 3.63) is 0 Å². The summed E-state index contributed by atoms with van der Waals surface area (Å²) >= 11 is 0. The van der Waals surface area contributed by atoms with Gasteiger partial charge in [-0.15, -0.1) is 0 Å². The highest BCUT2D eigenvalue weighted by atomic mass is 16.7. The zero-order chi connectivity index (χ0) is 14.4. The molecular weight excluding hydrogens is 230 g/mol. The Bertz CT molecular complexity index is 310. The Hall–Kier alpha value is -0.610. The lowest BCUT2D eigenvalue weighted by Gasteiger charge is -2.54. The molecule has 0 radical (unpaired) electrons. The maximum absolute atomic E-state index is 11.3. The summed E-state index contributed by atoms with van der Waals surface area (Å²) in [6, 6.07) is 0. The van der Waals surface area contributed by atoms with E-state index in [4.69, 9.17) is 4.84 Å². The summed E-state index contributed by atoms with van der Waals surface area (Å²) in [5.74, 6) is -0.999. The summed E-state index contributed by atoms with van der Waals surface area (Å²) in [6.45, 7) is 14.3. The number of aliphatic carboxylic acids is 1. The van der Waals surface area contributed by atoms with E-state index < -0.39 is 5.97 Å². The van der Waals surface area contributed by atoms with E-state index in [1.165, 1.54) is 0 Å². The SMILES string of the molecule is CC(C)(C)ON1C(C)(C)CC(C(=O)O)CC1(C)C. The van der Waals surface area contributed by atoms with Gasteiger partial charge in [-0.3, -0.25) is 9.63 Å². The fourth-order valence-electron chi connectivity index (χ4n) is 2.96. The molecule has 0 saturated carbocycles.